The van der Waals surface area contributed by atoms with E-state index in [2.05, 4.69) is 20.7 Å². The van der Waals surface area contributed by atoms with Gasteiger partial charge in [0.1, 0.15) is 0 Å². The molecule has 0 aromatic heterocycles. The molecule has 7 heteroatoms. The van der Waals surface area contributed by atoms with Gasteiger partial charge in [0.25, 0.3) is 0 Å². The van der Waals surface area contributed by atoms with Crippen LogP contribution in [0.5, 0.6) is 0 Å². The van der Waals surface area contributed by atoms with Gasteiger partial charge < -0.3 is 10.8 Å². The molecule has 0 amide bonds. The highest BCUT2D eigenvalue weighted by atomic mass is 79.9. The van der Waals surface area contributed by atoms with Crippen LogP contribution in [0.2, 0.25) is 0 Å². The topological polar surface area (TPSA) is 92.4 Å². The van der Waals surface area contributed by atoms with E-state index in [1.165, 1.54) is 6.07 Å². The van der Waals surface area contributed by atoms with Crippen LogP contribution in [-0.2, 0) is 10.0 Å². The molecule has 0 aliphatic rings. The fourth-order valence-corrected chi connectivity index (χ4v) is 4.41. The fraction of sp³-hybridized carbons (Fsp3) is 0.538. The van der Waals surface area contributed by atoms with Crippen molar-refractivity contribution < 1.29 is 13.5 Å². The summed E-state index contributed by atoms with van der Waals surface area (Å²) in [4.78, 5) is 0.129. The Morgan fingerprint density at radius 1 is 1.35 bits per heavy atom. The summed E-state index contributed by atoms with van der Waals surface area (Å²) < 4.78 is 28.3. The van der Waals surface area contributed by atoms with Crippen LogP contribution in [0.1, 0.15) is 32.3 Å². The molecule has 114 valence electrons. The molecule has 0 atom stereocenters. The maximum Gasteiger partial charge on any atom is 0.241 e. The number of aliphatic hydroxyl groups excluding tert-OH is 1. The largest absolute Gasteiger partial charge is 0.398 e. The van der Waals surface area contributed by atoms with Crippen LogP contribution in [0.15, 0.2) is 21.5 Å². The normalized spacial score (nSPS) is 12.7. The zero-order chi connectivity index (χ0) is 15.6. The van der Waals surface area contributed by atoms with Gasteiger partial charge in [0, 0.05) is 10.2 Å². The molecule has 1 rings (SSSR count). The van der Waals surface area contributed by atoms with Gasteiger partial charge in [0.15, 0.2) is 0 Å². The molecular formula is C13H21BrN2O3S. The maximum atomic E-state index is 12.6. The first-order chi connectivity index (χ1) is 9.21. The summed E-state index contributed by atoms with van der Waals surface area (Å²) in [5.74, 6) is 0. The Labute approximate surface area is 128 Å². The number of benzene rings is 1. The lowest BCUT2D eigenvalue weighted by Gasteiger charge is -2.30. The lowest BCUT2D eigenvalue weighted by molar-refractivity contribution is 0.172. The number of halogens is 1. The second-order valence-corrected chi connectivity index (χ2v) is 7.44. The Hall–Kier alpha value is -0.630. The minimum Gasteiger partial charge on any atom is -0.398 e. The van der Waals surface area contributed by atoms with Crippen LogP contribution < -0.4 is 10.5 Å². The van der Waals surface area contributed by atoms with Crippen molar-refractivity contribution in [1.82, 2.24) is 4.72 Å². The fourth-order valence-electron chi connectivity index (χ4n) is 1.94. The number of hydrogen-bond donors (Lipinski definition) is 3. The minimum absolute atomic E-state index is 0.129. The molecule has 0 aliphatic carbocycles. The predicted octanol–water partition coefficient (Wildman–Crippen LogP) is 2.17. The van der Waals surface area contributed by atoms with Gasteiger partial charge in [0.05, 0.1) is 17.0 Å². The molecule has 0 spiro atoms. The molecule has 0 radical (unpaired) electrons. The zero-order valence-corrected chi connectivity index (χ0v) is 14.3. The summed E-state index contributed by atoms with van der Waals surface area (Å²) in [6, 6.07) is 3.18. The Kier molecular flexibility index (Phi) is 5.60. The van der Waals surface area contributed by atoms with Gasteiger partial charge in [0.2, 0.25) is 10.0 Å². The molecule has 0 saturated heterocycles. The summed E-state index contributed by atoms with van der Waals surface area (Å²) in [6.07, 6.45) is 1.00. The molecular weight excluding hydrogens is 344 g/mol. The molecule has 20 heavy (non-hydrogen) atoms. The number of sulfonamides is 1. The van der Waals surface area contributed by atoms with Crippen LogP contribution in [0.4, 0.5) is 5.69 Å². The number of aliphatic hydroxyl groups is 1. The van der Waals surface area contributed by atoms with E-state index < -0.39 is 15.6 Å². The molecule has 0 saturated carbocycles. The first-order valence-electron chi connectivity index (χ1n) is 6.42. The van der Waals surface area contributed by atoms with Crippen LogP contribution in [0, 0.1) is 6.92 Å². The van der Waals surface area contributed by atoms with Gasteiger partial charge in [-0.05, 0) is 37.5 Å². The minimum atomic E-state index is -3.75. The number of anilines is 1. The van der Waals surface area contributed by atoms with E-state index in [1.807, 2.05) is 13.8 Å². The van der Waals surface area contributed by atoms with E-state index in [1.54, 1.807) is 13.0 Å². The lowest BCUT2D eigenvalue weighted by atomic mass is 9.96. The van der Waals surface area contributed by atoms with Crippen LogP contribution >= 0.6 is 15.9 Å². The Morgan fingerprint density at radius 2 is 1.90 bits per heavy atom. The Balaban J connectivity index is 3.31. The summed E-state index contributed by atoms with van der Waals surface area (Å²) in [6.45, 7) is 5.09. The summed E-state index contributed by atoms with van der Waals surface area (Å²) in [5.41, 5.74) is 5.87. The highest BCUT2D eigenvalue weighted by Crippen LogP contribution is 2.28. The van der Waals surface area contributed by atoms with E-state index in [0.717, 1.165) is 0 Å². The van der Waals surface area contributed by atoms with Gasteiger partial charge in [-0.25, -0.2) is 13.1 Å². The van der Waals surface area contributed by atoms with Crippen molar-refractivity contribution >= 4 is 31.6 Å². The molecule has 0 aliphatic heterocycles. The first-order valence-corrected chi connectivity index (χ1v) is 8.69. The molecule has 0 heterocycles. The quantitative estimate of drug-likeness (QED) is 0.674. The van der Waals surface area contributed by atoms with Gasteiger partial charge >= 0.3 is 0 Å². The molecule has 4 N–H and O–H groups in total. The monoisotopic (exact) mass is 364 g/mol. The summed E-state index contributed by atoms with van der Waals surface area (Å²) in [5, 5.41) is 9.50. The van der Waals surface area contributed by atoms with Crippen molar-refractivity contribution in [1.29, 1.82) is 0 Å². The van der Waals surface area contributed by atoms with Crippen LogP contribution in [-0.4, -0.2) is 25.7 Å². The van der Waals surface area contributed by atoms with Crippen molar-refractivity contribution in [3.05, 3.63) is 22.2 Å². The third kappa shape index (κ3) is 3.52. The van der Waals surface area contributed by atoms with Crippen molar-refractivity contribution in [2.75, 3.05) is 12.3 Å². The second-order valence-electron chi connectivity index (χ2n) is 4.87. The number of rotatable bonds is 6. The highest BCUT2D eigenvalue weighted by molar-refractivity contribution is 9.10. The zero-order valence-electron chi connectivity index (χ0n) is 11.9. The van der Waals surface area contributed by atoms with Crippen LogP contribution in [0.25, 0.3) is 0 Å². The standard InChI is InChI=1S/C13H21BrN2O3S/c1-4-13(5-2,8-17)16-20(18,19)12-7-10(14)6-11(15)9(12)3/h6-7,16-17H,4-5,8,15H2,1-3H3. The Bertz CT molecular complexity index is 575. The number of hydrogen-bond acceptors (Lipinski definition) is 4. The van der Waals surface area contributed by atoms with Crippen molar-refractivity contribution in [2.45, 2.75) is 44.0 Å². The van der Waals surface area contributed by atoms with Crippen molar-refractivity contribution in [2.24, 2.45) is 0 Å². The summed E-state index contributed by atoms with van der Waals surface area (Å²) >= 11 is 3.25. The molecule has 1 aromatic carbocycles. The van der Waals surface area contributed by atoms with Crippen molar-refractivity contribution in [3.63, 3.8) is 0 Å². The number of nitrogen functional groups attached to an aromatic ring is 1. The average molecular weight is 365 g/mol. The van der Waals surface area contributed by atoms with Gasteiger partial charge in [-0.1, -0.05) is 29.8 Å². The van der Waals surface area contributed by atoms with E-state index in [0.29, 0.717) is 28.6 Å². The Morgan fingerprint density at radius 3 is 2.35 bits per heavy atom. The highest BCUT2D eigenvalue weighted by Gasteiger charge is 2.32. The predicted molar refractivity (Wildman–Crippen MR) is 84.0 cm³/mol. The third-order valence-electron chi connectivity index (χ3n) is 3.66. The summed E-state index contributed by atoms with van der Waals surface area (Å²) in [7, 11) is -3.75. The lowest BCUT2D eigenvalue weighted by Crippen LogP contribution is -2.50. The van der Waals surface area contributed by atoms with Gasteiger partial charge in [-0.2, -0.15) is 0 Å². The number of nitrogens with two attached hydrogens (primary N) is 1. The van der Waals surface area contributed by atoms with E-state index in [9.17, 15) is 13.5 Å². The van der Waals surface area contributed by atoms with E-state index >= 15 is 0 Å². The van der Waals surface area contributed by atoms with Gasteiger partial charge in [-0.3, -0.25) is 0 Å². The van der Waals surface area contributed by atoms with Crippen molar-refractivity contribution in [3.8, 4) is 0 Å². The molecule has 0 unspecified atom stereocenters. The van der Waals surface area contributed by atoms with E-state index in [-0.39, 0.29) is 11.5 Å². The first kappa shape index (κ1) is 17.4. The maximum absolute atomic E-state index is 12.6. The second kappa shape index (κ2) is 6.43. The smallest absolute Gasteiger partial charge is 0.241 e. The SMILES string of the molecule is CCC(CC)(CO)NS(=O)(=O)c1cc(Br)cc(N)c1C. The molecule has 1 aromatic rings. The average Bonchev–Trinajstić information content (AvgIpc) is 2.40. The molecule has 5 nitrogen and oxygen atoms in total. The number of nitrogens with one attached hydrogen (secondary N) is 1. The third-order valence-corrected chi connectivity index (χ3v) is 5.82. The van der Waals surface area contributed by atoms with Crippen LogP contribution in [0.3, 0.4) is 0 Å². The molecule has 0 bridgehead atoms. The molecule has 0 fully saturated rings. The van der Waals surface area contributed by atoms with E-state index in [4.69, 9.17) is 5.73 Å². The van der Waals surface area contributed by atoms with Gasteiger partial charge in [-0.15, -0.1) is 0 Å².